The number of halogens is 2. The molecule has 1 aliphatic rings. The van der Waals surface area contributed by atoms with E-state index in [1.165, 1.54) is 4.90 Å². The van der Waals surface area contributed by atoms with Crippen LogP contribution in [0.5, 0.6) is 11.5 Å². The second-order valence-electron chi connectivity index (χ2n) is 5.95. The quantitative estimate of drug-likeness (QED) is 0.395. The van der Waals surface area contributed by atoms with Gasteiger partial charge in [-0.25, -0.2) is 0 Å². The van der Waals surface area contributed by atoms with Crippen molar-refractivity contribution in [3.63, 3.8) is 0 Å². The molecule has 0 bridgehead atoms. The van der Waals surface area contributed by atoms with Crippen molar-refractivity contribution in [1.82, 2.24) is 4.90 Å². The number of rotatable bonds is 5. The number of ether oxygens (including phenoxy) is 2. The Kier molecular flexibility index (Phi) is 6.42. The molecular formula is C20H18Br2N2O3S. The summed E-state index contributed by atoms with van der Waals surface area (Å²) in [4.78, 5) is 16.4. The van der Waals surface area contributed by atoms with Crippen molar-refractivity contribution in [2.24, 2.45) is 0 Å². The highest BCUT2D eigenvalue weighted by Gasteiger charge is 2.37. The summed E-state index contributed by atoms with van der Waals surface area (Å²) < 4.78 is 12.6. The first kappa shape index (κ1) is 20.8. The van der Waals surface area contributed by atoms with Crippen molar-refractivity contribution in [1.29, 1.82) is 0 Å². The van der Waals surface area contributed by atoms with Gasteiger partial charge in [-0.15, -0.1) is 0 Å². The Morgan fingerprint density at radius 2 is 1.86 bits per heavy atom. The van der Waals surface area contributed by atoms with Crippen LogP contribution < -0.4 is 14.4 Å². The highest BCUT2D eigenvalue weighted by molar-refractivity contribution is 9.11. The standard InChI is InChI=1S/C20H18Br2N2O3S/c1-4-27-15-7-5-14(6-8-15)24-19(25)17(23(2)20(24)28)10-12-9-13(21)11-16(22)18(12)26-3/h5-11H,4H2,1-3H3/b17-10-. The van der Waals surface area contributed by atoms with Crippen LogP contribution in [0.25, 0.3) is 6.08 Å². The number of carbonyl (C=O) groups excluding carboxylic acids is 1. The molecule has 0 aromatic heterocycles. The number of nitrogens with zero attached hydrogens (tertiary/aromatic N) is 2. The minimum atomic E-state index is -0.199. The highest BCUT2D eigenvalue weighted by atomic mass is 79.9. The normalized spacial score (nSPS) is 15.5. The van der Waals surface area contributed by atoms with E-state index < -0.39 is 0 Å². The number of hydrogen-bond donors (Lipinski definition) is 0. The zero-order valence-electron chi connectivity index (χ0n) is 15.5. The Balaban J connectivity index is 2.00. The number of amides is 1. The number of likely N-dealkylation sites (N-methyl/N-ethyl adjacent to an activating group) is 1. The largest absolute Gasteiger partial charge is 0.495 e. The van der Waals surface area contributed by atoms with E-state index in [0.29, 0.717) is 28.9 Å². The maximum atomic E-state index is 13.1. The average Bonchev–Trinajstić information content (AvgIpc) is 2.86. The molecule has 0 atom stereocenters. The van der Waals surface area contributed by atoms with E-state index in [4.69, 9.17) is 21.7 Å². The third kappa shape index (κ3) is 3.94. The lowest BCUT2D eigenvalue weighted by molar-refractivity contribution is -0.114. The molecular weight excluding hydrogens is 508 g/mol. The smallest absolute Gasteiger partial charge is 0.281 e. The summed E-state index contributed by atoms with van der Waals surface area (Å²) >= 11 is 12.5. The summed E-state index contributed by atoms with van der Waals surface area (Å²) in [6.07, 6.45) is 1.78. The molecule has 0 spiro atoms. The SMILES string of the molecule is CCOc1ccc(N2C(=O)/C(=C/c3cc(Br)cc(Br)c3OC)N(C)C2=S)cc1. The molecule has 5 nitrogen and oxygen atoms in total. The van der Waals surface area contributed by atoms with Gasteiger partial charge in [-0.3, -0.25) is 9.69 Å². The van der Waals surface area contributed by atoms with Crippen molar-refractivity contribution < 1.29 is 14.3 Å². The molecule has 0 N–H and O–H groups in total. The maximum absolute atomic E-state index is 13.1. The van der Waals surface area contributed by atoms with Crippen LogP contribution in [0.1, 0.15) is 12.5 Å². The third-order valence-electron chi connectivity index (χ3n) is 4.20. The summed E-state index contributed by atoms with van der Waals surface area (Å²) in [5.74, 6) is 1.19. The van der Waals surface area contributed by atoms with Crippen LogP contribution in [0.15, 0.2) is 51.0 Å². The average molecular weight is 526 g/mol. The molecule has 1 amide bonds. The molecule has 0 radical (unpaired) electrons. The van der Waals surface area contributed by atoms with Crippen LogP contribution in [0.2, 0.25) is 0 Å². The van der Waals surface area contributed by atoms with Crippen molar-refractivity contribution in [2.45, 2.75) is 6.92 Å². The van der Waals surface area contributed by atoms with Crippen molar-refractivity contribution >= 4 is 66.9 Å². The second kappa shape index (κ2) is 8.63. The fourth-order valence-corrected chi connectivity index (χ4v) is 4.60. The van der Waals surface area contributed by atoms with E-state index in [1.54, 1.807) is 25.1 Å². The monoisotopic (exact) mass is 524 g/mol. The molecule has 1 heterocycles. The number of carbonyl (C=O) groups is 1. The highest BCUT2D eigenvalue weighted by Crippen LogP contribution is 2.36. The third-order valence-corrected chi connectivity index (χ3v) is 5.70. The van der Waals surface area contributed by atoms with E-state index in [2.05, 4.69) is 31.9 Å². The molecule has 1 fully saturated rings. The minimum Gasteiger partial charge on any atom is -0.495 e. The fraction of sp³-hybridized carbons (Fsp3) is 0.200. The summed E-state index contributed by atoms with van der Waals surface area (Å²) in [7, 11) is 3.37. The summed E-state index contributed by atoms with van der Waals surface area (Å²) in [6.45, 7) is 2.51. The van der Waals surface area contributed by atoms with E-state index in [9.17, 15) is 4.79 Å². The van der Waals surface area contributed by atoms with Crippen LogP contribution in [0.4, 0.5) is 5.69 Å². The molecule has 146 valence electrons. The Morgan fingerprint density at radius 1 is 1.18 bits per heavy atom. The number of hydrogen-bond acceptors (Lipinski definition) is 4. The molecule has 2 aromatic rings. The van der Waals surface area contributed by atoms with Gasteiger partial charge in [0.05, 0.1) is 23.9 Å². The van der Waals surface area contributed by atoms with Gasteiger partial charge in [0.25, 0.3) is 5.91 Å². The van der Waals surface area contributed by atoms with E-state index in [-0.39, 0.29) is 5.91 Å². The first-order valence-corrected chi connectivity index (χ1v) is 10.5. The zero-order chi connectivity index (χ0) is 20.4. The Bertz CT molecular complexity index is 961. The predicted molar refractivity (Wildman–Crippen MR) is 122 cm³/mol. The maximum Gasteiger partial charge on any atom is 0.281 e. The van der Waals surface area contributed by atoms with Gasteiger partial charge >= 0.3 is 0 Å². The number of thiocarbonyl (C=S) groups is 1. The van der Waals surface area contributed by atoms with Crippen LogP contribution in [0.3, 0.4) is 0 Å². The molecule has 2 aromatic carbocycles. The van der Waals surface area contributed by atoms with Gasteiger partial charge in [0.2, 0.25) is 0 Å². The molecule has 0 unspecified atom stereocenters. The van der Waals surface area contributed by atoms with Crippen molar-refractivity contribution in [2.75, 3.05) is 25.7 Å². The van der Waals surface area contributed by atoms with E-state index in [1.807, 2.05) is 43.3 Å². The van der Waals surface area contributed by atoms with Crippen LogP contribution in [-0.4, -0.2) is 36.7 Å². The zero-order valence-corrected chi connectivity index (χ0v) is 19.5. The lowest BCUT2D eigenvalue weighted by atomic mass is 10.1. The van der Waals surface area contributed by atoms with Gasteiger partial charge in [-0.1, -0.05) is 15.9 Å². The fourth-order valence-electron chi connectivity index (χ4n) is 2.89. The lowest BCUT2D eigenvalue weighted by Gasteiger charge is -2.16. The molecule has 0 saturated carbocycles. The van der Waals surface area contributed by atoms with Crippen LogP contribution in [0, 0.1) is 0 Å². The van der Waals surface area contributed by atoms with Crippen LogP contribution in [-0.2, 0) is 4.79 Å². The number of methoxy groups -OCH3 is 1. The van der Waals surface area contributed by atoms with Gasteiger partial charge < -0.3 is 14.4 Å². The van der Waals surface area contributed by atoms with Crippen molar-refractivity contribution in [3.8, 4) is 11.5 Å². The van der Waals surface area contributed by atoms with Gasteiger partial charge in [-0.05, 0) is 77.5 Å². The molecule has 8 heteroatoms. The molecule has 28 heavy (non-hydrogen) atoms. The van der Waals surface area contributed by atoms with Gasteiger partial charge in [0.1, 0.15) is 17.2 Å². The molecule has 1 aliphatic heterocycles. The number of benzene rings is 2. The first-order valence-electron chi connectivity index (χ1n) is 8.47. The first-order chi connectivity index (χ1) is 13.4. The van der Waals surface area contributed by atoms with Crippen LogP contribution >= 0.6 is 44.1 Å². The molecule has 0 aliphatic carbocycles. The van der Waals surface area contributed by atoms with Gasteiger partial charge in [0.15, 0.2) is 5.11 Å². The Labute approximate surface area is 186 Å². The molecule has 1 saturated heterocycles. The van der Waals surface area contributed by atoms with Crippen molar-refractivity contribution in [3.05, 3.63) is 56.6 Å². The summed E-state index contributed by atoms with van der Waals surface area (Å²) in [6, 6.07) is 11.1. The predicted octanol–water partition coefficient (Wildman–Crippen LogP) is 5.22. The minimum absolute atomic E-state index is 0.199. The van der Waals surface area contributed by atoms with Gasteiger partial charge in [0, 0.05) is 17.1 Å². The van der Waals surface area contributed by atoms with E-state index >= 15 is 0 Å². The summed E-state index contributed by atoms with van der Waals surface area (Å²) in [5.41, 5.74) is 1.91. The Hall–Kier alpha value is -1.90. The van der Waals surface area contributed by atoms with E-state index in [0.717, 1.165) is 20.3 Å². The topological polar surface area (TPSA) is 42.0 Å². The molecule has 3 rings (SSSR count). The second-order valence-corrected chi connectivity index (χ2v) is 8.08. The number of anilines is 1. The Morgan fingerprint density at radius 3 is 2.46 bits per heavy atom. The van der Waals surface area contributed by atoms with Gasteiger partial charge in [-0.2, -0.15) is 0 Å². The summed E-state index contributed by atoms with van der Waals surface area (Å²) in [5, 5.41) is 0.411. The lowest BCUT2D eigenvalue weighted by Crippen LogP contribution is -2.31.